The highest BCUT2D eigenvalue weighted by molar-refractivity contribution is 7.99. The van der Waals surface area contributed by atoms with Crippen LogP contribution in [0.25, 0.3) is 10.9 Å². The summed E-state index contributed by atoms with van der Waals surface area (Å²) in [5.41, 5.74) is 0.874. The Morgan fingerprint density at radius 3 is 2.88 bits per heavy atom. The predicted octanol–water partition coefficient (Wildman–Crippen LogP) is 4.62. The number of anilines is 1. The van der Waals surface area contributed by atoms with E-state index in [-0.39, 0.29) is 23.3 Å². The van der Waals surface area contributed by atoms with Crippen LogP contribution < -0.4 is 15.6 Å². The summed E-state index contributed by atoms with van der Waals surface area (Å²) in [5, 5.41) is 4.62. The van der Waals surface area contributed by atoms with Crippen LogP contribution in [-0.2, 0) is 16.1 Å². The molecule has 1 amide bonds. The zero-order valence-electron chi connectivity index (χ0n) is 17.3. The molecule has 0 bridgehead atoms. The molecule has 0 spiro atoms. The Kier molecular flexibility index (Phi) is 7.25. The van der Waals surface area contributed by atoms with Crippen molar-refractivity contribution >= 4 is 57.5 Å². The van der Waals surface area contributed by atoms with Crippen LogP contribution in [0.2, 0.25) is 10.0 Å². The molecule has 10 heteroatoms. The molecule has 32 heavy (non-hydrogen) atoms. The maximum absolute atomic E-state index is 13.2. The third-order valence-corrected chi connectivity index (χ3v) is 6.57. The number of methoxy groups -OCH3 is 1. The molecular weight excluding hydrogens is 473 g/mol. The molecule has 1 saturated heterocycles. The van der Waals surface area contributed by atoms with Gasteiger partial charge in [-0.1, -0.05) is 35.0 Å². The van der Waals surface area contributed by atoms with Gasteiger partial charge in [0.2, 0.25) is 5.91 Å². The zero-order chi connectivity index (χ0) is 22.7. The summed E-state index contributed by atoms with van der Waals surface area (Å²) >= 11 is 13.4. The molecule has 1 fully saturated rings. The molecule has 1 N–H and O–H groups in total. The van der Waals surface area contributed by atoms with E-state index in [1.54, 1.807) is 41.0 Å². The third-order valence-electron chi connectivity index (χ3n) is 5.06. The van der Waals surface area contributed by atoms with Crippen molar-refractivity contribution in [2.24, 2.45) is 0 Å². The quantitative estimate of drug-likeness (QED) is 0.381. The van der Waals surface area contributed by atoms with E-state index in [2.05, 4.69) is 10.3 Å². The molecule has 7 nitrogen and oxygen atoms in total. The van der Waals surface area contributed by atoms with Gasteiger partial charge in [-0.05, 0) is 49.2 Å². The standard InChI is InChI=1S/C22H21Cl2N3O4S/c1-30-19-7-5-14(10-17(19)24)25-20(28)12-32-22-26-18-9-13(23)4-6-16(18)21(29)27(22)11-15-3-2-8-31-15/h4-7,9-10,15H,2-3,8,11-12H2,1H3,(H,25,28). The summed E-state index contributed by atoms with van der Waals surface area (Å²) in [7, 11) is 1.52. The number of carbonyl (C=O) groups is 1. The van der Waals surface area contributed by atoms with Crippen molar-refractivity contribution in [1.29, 1.82) is 0 Å². The number of rotatable bonds is 7. The van der Waals surface area contributed by atoms with Crippen LogP contribution >= 0.6 is 35.0 Å². The van der Waals surface area contributed by atoms with Crippen molar-refractivity contribution in [3.8, 4) is 5.75 Å². The van der Waals surface area contributed by atoms with Gasteiger partial charge < -0.3 is 14.8 Å². The minimum atomic E-state index is -0.250. The molecule has 3 aromatic rings. The first-order valence-electron chi connectivity index (χ1n) is 10.0. The fourth-order valence-electron chi connectivity index (χ4n) is 3.51. The van der Waals surface area contributed by atoms with Gasteiger partial charge in [0.05, 0.1) is 41.4 Å². The van der Waals surface area contributed by atoms with Crippen molar-refractivity contribution in [1.82, 2.24) is 9.55 Å². The van der Waals surface area contributed by atoms with Crippen molar-refractivity contribution in [2.45, 2.75) is 30.6 Å². The Morgan fingerprint density at radius 1 is 1.31 bits per heavy atom. The van der Waals surface area contributed by atoms with Gasteiger partial charge >= 0.3 is 0 Å². The average Bonchev–Trinajstić information content (AvgIpc) is 3.28. The number of carbonyl (C=O) groups excluding carboxylic acids is 1. The summed E-state index contributed by atoms with van der Waals surface area (Å²) in [6.07, 6.45) is 1.80. The molecule has 1 aromatic heterocycles. The molecule has 1 atom stereocenters. The van der Waals surface area contributed by atoms with E-state index >= 15 is 0 Å². The third kappa shape index (κ3) is 5.20. The van der Waals surface area contributed by atoms with E-state index in [0.717, 1.165) is 12.8 Å². The summed E-state index contributed by atoms with van der Waals surface area (Å²) in [6, 6.07) is 10.00. The number of aromatic nitrogens is 2. The predicted molar refractivity (Wildman–Crippen MR) is 127 cm³/mol. The van der Waals surface area contributed by atoms with E-state index in [0.29, 0.717) is 50.7 Å². The lowest BCUT2D eigenvalue weighted by Crippen LogP contribution is -2.29. The van der Waals surface area contributed by atoms with Gasteiger partial charge in [0, 0.05) is 17.3 Å². The number of fused-ring (bicyclic) bond motifs is 1. The number of hydrogen-bond acceptors (Lipinski definition) is 6. The molecule has 1 aliphatic rings. The number of nitrogens with zero attached hydrogens (tertiary/aromatic N) is 2. The largest absolute Gasteiger partial charge is 0.495 e. The van der Waals surface area contributed by atoms with Crippen LogP contribution in [0.1, 0.15) is 12.8 Å². The second kappa shape index (κ2) is 10.1. The van der Waals surface area contributed by atoms with Crippen molar-refractivity contribution < 1.29 is 14.3 Å². The molecule has 4 rings (SSSR count). The molecule has 0 radical (unpaired) electrons. The van der Waals surface area contributed by atoms with Gasteiger partial charge in [-0.2, -0.15) is 0 Å². The van der Waals surface area contributed by atoms with Crippen LogP contribution in [0.15, 0.2) is 46.3 Å². The number of nitrogens with one attached hydrogen (secondary N) is 1. The van der Waals surface area contributed by atoms with Gasteiger partial charge in [-0.15, -0.1) is 0 Å². The summed E-state index contributed by atoms with van der Waals surface area (Å²) in [6.45, 7) is 1.08. The van der Waals surface area contributed by atoms with Crippen molar-refractivity contribution in [3.05, 3.63) is 56.8 Å². The van der Waals surface area contributed by atoms with Gasteiger partial charge in [0.25, 0.3) is 5.56 Å². The number of ether oxygens (including phenoxy) is 2. The number of benzene rings is 2. The second-order valence-corrected chi connectivity index (χ2v) is 9.08. The maximum atomic E-state index is 13.2. The van der Waals surface area contributed by atoms with E-state index in [9.17, 15) is 9.59 Å². The molecular formula is C22H21Cl2N3O4S. The Balaban J connectivity index is 1.55. The molecule has 1 aliphatic heterocycles. The first kappa shape index (κ1) is 22.9. The lowest BCUT2D eigenvalue weighted by Gasteiger charge is -2.16. The van der Waals surface area contributed by atoms with E-state index in [4.69, 9.17) is 32.7 Å². The van der Waals surface area contributed by atoms with Crippen molar-refractivity contribution in [3.63, 3.8) is 0 Å². The van der Waals surface area contributed by atoms with Gasteiger partial charge in [-0.25, -0.2) is 4.98 Å². The maximum Gasteiger partial charge on any atom is 0.262 e. The van der Waals surface area contributed by atoms with Crippen LogP contribution in [-0.4, -0.2) is 41.0 Å². The fourth-order valence-corrected chi connectivity index (χ4v) is 4.74. The van der Waals surface area contributed by atoms with E-state index < -0.39 is 0 Å². The van der Waals surface area contributed by atoms with Crippen LogP contribution in [0, 0.1) is 0 Å². The lowest BCUT2D eigenvalue weighted by atomic mass is 10.2. The highest BCUT2D eigenvalue weighted by atomic mass is 35.5. The van der Waals surface area contributed by atoms with Gasteiger partial charge in [0.15, 0.2) is 5.16 Å². The molecule has 2 heterocycles. The Bertz CT molecular complexity index is 1210. The smallest absolute Gasteiger partial charge is 0.262 e. The second-order valence-electron chi connectivity index (χ2n) is 7.29. The zero-order valence-corrected chi connectivity index (χ0v) is 19.6. The molecule has 2 aromatic carbocycles. The van der Waals surface area contributed by atoms with Gasteiger partial charge in [-0.3, -0.25) is 14.2 Å². The van der Waals surface area contributed by atoms with Crippen LogP contribution in [0.4, 0.5) is 5.69 Å². The summed E-state index contributed by atoms with van der Waals surface area (Å²) < 4.78 is 12.4. The van der Waals surface area contributed by atoms with Crippen LogP contribution in [0.3, 0.4) is 0 Å². The Morgan fingerprint density at radius 2 is 2.16 bits per heavy atom. The first-order chi connectivity index (χ1) is 15.4. The Hall–Kier alpha value is -2.26. The monoisotopic (exact) mass is 493 g/mol. The average molecular weight is 494 g/mol. The summed E-state index contributed by atoms with van der Waals surface area (Å²) in [5.74, 6) is 0.338. The SMILES string of the molecule is COc1ccc(NC(=O)CSc2nc3cc(Cl)ccc3c(=O)n2CC2CCCO2)cc1Cl. The molecule has 168 valence electrons. The van der Waals surface area contributed by atoms with Gasteiger partial charge in [0.1, 0.15) is 5.75 Å². The topological polar surface area (TPSA) is 82.5 Å². The first-order valence-corrected chi connectivity index (χ1v) is 11.8. The fraction of sp³-hybridized carbons (Fsp3) is 0.318. The van der Waals surface area contributed by atoms with E-state index in [1.807, 2.05) is 0 Å². The number of amides is 1. The number of thioether (sulfide) groups is 1. The summed E-state index contributed by atoms with van der Waals surface area (Å²) in [4.78, 5) is 30.3. The van der Waals surface area contributed by atoms with Crippen molar-refractivity contribution in [2.75, 3.05) is 24.8 Å². The highest BCUT2D eigenvalue weighted by Crippen LogP contribution is 2.28. The molecule has 0 saturated carbocycles. The number of halogens is 2. The minimum Gasteiger partial charge on any atom is -0.495 e. The normalized spacial score (nSPS) is 15.8. The highest BCUT2D eigenvalue weighted by Gasteiger charge is 2.21. The molecule has 1 unspecified atom stereocenters. The van der Waals surface area contributed by atoms with Crippen LogP contribution in [0.5, 0.6) is 5.75 Å². The van der Waals surface area contributed by atoms with E-state index in [1.165, 1.54) is 18.9 Å². The lowest BCUT2D eigenvalue weighted by molar-refractivity contribution is -0.113. The Labute approximate surface area is 199 Å². The minimum absolute atomic E-state index is 0.0473. The number of hydrogen-bond donors (Lipinski definition) is 1. The molecule has 0 aliphatic carbocycles.